The van der Waals surface area contributed by atoms with Gasteiger partial charge in [-0.3, -0.25) is 0 Å². The van der Waals surface area contributed by atoms with E-state index in [0.717, 1.165) is 36.7 Å². The van der Waals surface area contributed by atoms with Crippen LogP contribution in [-0.4, -0.2) is 11.7 Å². The predicted molar refractivity (Wildman–Crippen MR) is 67.0 cm³/mol. The summed E-state index contributed by atoms with van der Waals surface area (Å²) in [6, 6.07) is 8.04. The van der Waals surface area contributed by atoms with Crippen LogP contribution in [0, 0.1) is 11.8 Å². The van der Waals surface area contributed by atoms with Crippen molar-refractivity contribution in [2.75, 3.05) is 6.61 Å². The fourth-order valence-electron chi connectivity index (χ4n) is 3.16. The van der Waals surface area contributed by atoms with Gasteiger partial charge in [0.15, 0.2) is 0 Å². The molecular weight excluding hydrogens is 212 g/mol. The minimum absolute atomic E-state index is 0.518. The molecule has 17 heavy (non-hydrogen) atoms. The summed E-state index contributed by atoms with van der Waals surface area (Å²) in [4.78, 5) is 0. The summed E-state index contributed by atoms with van der Waals surface area (Å²) in [5.41, 5.74) is 0.528. The Morgan fingerprint density at radius 2 is 2.12 bits per heavy atom. The number of ether oxygens (including phenoxy) is 1. The van der Waals surface area contributed by atoms with Crippen LogP contribution in [0.3, 0.4) is 0 Å². The van der Waals surface area contributed by atoms with Gasteiger partial charge in [-0.15, -0.1) is 0 Å². The molecule has 3 atom stereocenters. The molecule has 0 heterocycles. The van der Waals surface area contributed by atoms with Crippen molar-refractivity contribution < 1.29 is 9.84 Å². The fraction of sp³-hybridized carbons (Fsp3) is 0.600. The zero-order valence-corrected chi connectivity index (χ0v) is 10.4. The molecule has 1 N–H and O–H groups in total. The number of aliphatic hydroxyl groups is 1. The molecule has 92 valence electrons. The maximum Gasteiger partial charge on any atom is 0.119 e. The molecule has 2 aliphatic rings. The van der Waals surface area contributed by atoms with Crippen molar-refractivity contribution in [2.24, 2.45) is 11.8 Å². The van der Waals surface area contributed by atoms with Gasteiger partial charge in [0.25, 0.3) is 0 Å². The zero-order valence-electron chi connectivity index (χ0n) is 10.4. The molecule has 1 aromatic carbocycles. The third-order valence-electron chi connectivity index (χ3n) is 4.26. The number of fused-ring (bicyclic) bond motifs is 1. The first-order valence-electron chi connectivity index (χ1n) is 6.70. The highest BCUT2D eigenvalue weighted by Gasteiger charge is 2.57. The molecule has 0 amide bonds. The van der Waals surface area contributed by atoms with Gasteiger partial charge in [0, 0.05) is 0 Å². The number of benzene rings is 1. The second kappa shape index (κ2) is 4.02. The molecule has 2 nitrogen and oxygen atoms in total. The number of hydrogen-bond donors (Lipinski definition) is 1. The predicted octanol–water partition coefficient (Wildman–Crippen LogP) is 3.09. The van der Waals surface area contributed by atoms with Crippen LogP contribution in [0.2, 0.25) is 0 Å². The topological polar surface area (TPSA) is 29.5 Å². The largest absolute Gasteiger partial charge is 0.494 e. The Labute approximate surface area is 103 Å². The third kappa shape index (κ3) is 1.85. The molecule has 0 aromatic heterocycles. The van der Waals surface area contributed by atoms with Crippen molar-refractivity contribution in [3.8, 4) is 5.75 Å². The van der Waals surface area contributed by atoms with Gasteiger partial charge in [0.2, 0.25) is 0 Å². The Morgan fingerprint density at radius 3 is 2.65 bits per heavy atom. The highest BCUT2D eigenvalue weighted by atomic mass is 16.5. The van der Waals surface area contributed by atoms with E-state index in [1.165, 1.54) is 12.8 Å². The fourth-order valence-corrected chi connectivity index (χ4v) is 3.16. The van der Waals surface area contributed by atoms with E-state index in [1.54, 1.807) is 0 Å². The molecule has 0 bridgehead atoms. The third-order valence-corrected chi connectivity index (χ3v) is 4.26. The summed E-state index contributed by atoms with van der Waals surface area (Å²) in [5.74, 6) is 2.21. The van der Waals surface area contributed by atoms with Gasteiger partial charge in [-0.05, 0) is 55.2 Å². The maximum absolute atomic E-state index is 10.7. The normalized spacial score (nSPS) is 34.5. The summed E-state index contributed by atoms with van der Waals surface area (Å²) >= 11 is 0. The first kappa shape index (κ1) is 11.1. The van der Waals surface area contributed by atoms with Crippen LogP contribution in [0.25, 0.3) is 0 Å². The lowest BCUT2D eigenvalue weighted by molar-refractivity contribution is 0.0207. The Kier molecular flexibility index (Phi) is 2.62. The van der Waals surface area contributed by atoms with E-state index < -0.39 is 5.60 Å². The van der Waals surface area contributed by atoms with Crippen LogP contribution in [0.1, 0.15) is 38.2 Å². The van der Waals surface area contributed by atoms with Crippen molar-refractivity contribution >= 4 is 0 Å². The lowest BCUT2D eigenvalue weighted by Gasteiger charge is -2.25. The van der Waals surface area contributed by atoms with Crippen LogP contribution in [0.4, 0.5) is 0 Å². The molecule has 3 rings (SSSR count). The first-order chi connectivity index (χ1) is 8.24. The van der Waals surface area contributed by atoms with Crippen LogP contribution in [0.5, 0.6) is 5.75 Å². The van der Waals surface area contributed by atoms with Crippen molar-refractivity contribution in [1.29, 1.82) is 0 Å². The summed E-state index contributed by atoms with van der Waals surface area (Å²) in [6.07, 6.45) is 4.35. The summed E-state index contributed by atoms with van der Waals surface area (Å²) in [6.45, 7) is 2.86. The van der Waals surface area contributed by atoms with E-state index in [2.05, 4.69) is 6.92 Å². The molecule has 0 aliphatic heterocycles. The van der Waals surface area contributed by atoms with Gasteiger partial charge in [-0.2, -0.15) is 0 Å². The van der Waals surface area contributed by atoms with E-state index in [-0.39, 0.29) is 0 Å². The molecule has 3 unspecified atom stereocenters. The molecule has 2 heteroatoms. The lowest BCUT2D eigenvalue weighted by Crippen LogP contribution is -2.25. The monoisotopic (exact) mass is 232 g/mol. The minimum atomic E-state index is -0.548. The van der Waals surface area contributed by atoms with E-state index in [4.69, 9.17) is 4.74 Å². The van der Waals surface area contributed by atoms with Gasteiger partial charge in [0.1, 0.15) is 5.75 Å². The molecule has 2 saturated carbocycles. The van der Waals surface area contributed by atoms with Gasteiger partial charge >= 0.3 is 0 Å². The van der Waals surface area contributed by atoms with Crippen molar-refractivity contribution in [1.82, 2.24) is 0 Å². The lowest BCUT2D eigenvalue weighted by atomic mass is 9.89. The van der Waals surface area contributed by atoms with Crippen LogP contribution >= 0.6 is 0 Å². The van der Waals surface area contributed by atoms with Crippen molar-refractivity contribution in [3.05, 3.63) is 29.8 Å². The van der Waals surface area contributed by atoms with Gasteiger partial charge in [0.05, 0.1) is 12.2 Å². The SMILES string of the molecule is CCCOc1ccc(C2(O)CCC3CC32)cc1. The van der Waals surface area contributed by atoms with Crippen molar-refractivity contribution in [3.63, 3.8) is 0 Å². The minimum Gasteiger partial charge on any atom is -0.494 e. The summed E-state index contributed by atoms with van der Waals surface area (Å²) in [7, 11) is 0. The van der Waals surface area contributed by atoms with Crippen molar-refractivity contribution in [2.45, 2.75) is 38.2 Å². The second-order valence-electron chi connectivity index (χ2n) is 5.44. The molecular formula is C15H20O2. The maximum atomic E-state index is 10.7. The smallest absolute Gasteiger partial charge is 0.119 e. The summed E-state index contributed by atoms with van der Waals surface area (Å²) in [5, 5.41) is 10.7. The van der Waals surface area contributed by atoms with E-state index >= 15 is 0 Å². The van der Waals surface area contributed by atoms with Gasteiger partial charge in [-0.25, -0.2) is 0 Å². The number of rotatable bonds is 4. The Balaban J connectivity index is 1.75. The number of hydrogen-bond acceptors (Lipinski definition) is 2. The zero-order chi connectivity index (χ0) is 11.9. The Morgan fingerprint density at radius 1 is 1.35 bits per heavy atom. The molecule has 2 fully saturated rings. The van der Waals surface area contributed by atoms with E-state index in [1.807, 2.05) is 24.3 Å². The molecule has 2 aliphatic carbocycles. The average molecular weight is 232 g/mol. The van der Waals surface area contributed by atoms with Crippen LogP contribution in [-0.2, 0) is 5.60 Å². The second-order valence-corrected chi connectivity index (χ2v) is 5.44. The first-order valence-corrected chi connectivity index (χ1v) is 6.70. The van der Waals surface area contributed by atoms with Gasteiger partial charge in [-0.1, -0.05) is 19.1 Å². The molecule has 0 spiro atoms. The standard InChI is InChI=1S/C15H20O2/c1-2-9-17-13-5-3-12(4-6-13)15(16)8-7-11-10-14(11)15/h3-6,11,14,16H,2,7-10H2,1H3. The Hall–Kier alpha value is -1.02. The molecule has 1 aromatic rings. The average Bonchev–Trinajstić information content (AvgIpc) is 3.08. The van der Waals surface area contributed by atoms with E-state index in [9.17, 15) is 5.11 Å². The highest BCUT2D eigenvalue weighted by molar-refractivity contribution is 5.33. The summed E-state index contributed by atoms with van der Waals surface area (Å²) < 4.78 is 5.56. The highest BCUT2D eigenvalue weighted by Crippen LogP contribution is 2.61. The Bertz CT molecular complexity index is 398. The van der Waals surface area contributed by atoms with Crippen LogP contribution in [0.15, 0.2) is 24.3 Å². The van der Waals surface area contributed by atoms with E-state index in [0.29, 0.717) is 5.92 Å². The quantitative estimate of drug-likeness (QED) is 0.864. The van der Waals surface area contributed by atoms with Gasteiger partial charge < -0.3 is 9.84 Å². The molecule has 0 radical (unpaired) electrons. The molecule has 0 saturated heterocycles. The van der Waals surface area contributed by atoms with Crippen LogP contribution < -0.4 is 4.74 Å².